The van der Waals surface area contributed by atoms with Crippen LogP contribution < -0.4 is 5.32 Å². The number of pyridine rings is 1. The number of nitrogens with zero attached hydrogens (tertiary/aromatic N) is 1. The quantitative estimate of drug-likeness (QED) is 0.931. The Morgan fingerprint density at radius 3 is 2.80 bits per heavy atom. The van der Waals surface area contributed by atoms with Crippen molar-refractivity contribution in [3.05, 3.63) is 52.6 Å². The van der Waals surface area contributed by atoms with Crippen molar-refractivity contribution in [1.82, 2.24) is 10.3 Å². The van der Waals surface area contributed by atoms with Crippen LogP contribution >= 0.6 is 15.9 Å². The number of halogens is 1. The number of hydrogen-bond acceptors (Lipinski definition) is 2. The molecule has 0 unspecified atom stereocenters. The van der Waals surface area contributed by atoms with Gasteiger partial charge in [-0.1, -0.05) is 34.1 Å². The number of carbonyl (C=O) groups is 1. The smallest absolute Gasteiger partial charge is 0.223 e. The predicted octanol–water partition coefficient (Wildman–Crippen LogP) is 3.54. The Hall–Kier alpha value is -1.68. The molecule has 1 fully saturated rings. The Morgan fingerprint density at radius 1 is 1.25 bits per heavy atom. The third-order valence-electron chi connectivity index (χ3n) is 3.32. The van der Waals surface area contributed by atoms with E-state index in [1.165, 1.54) is 0 Å². The Balaban J connectivity index is 1.73. The molecule has 1 aromatic carbocycles. The second-order valence-electron chi connectivity index (χ2n) is 5.02. The average Bonchev–Trinajstić information content (AvgIpc) is 3.30. The monoisotopic (exact) mass is 330 g/mol. The molecule has 0 aliphatic heterocycles. The molecule has 0 atom stereocenters. The van der Waals surface area contributed by atoms with Crippen molar-refractivity contribution >= 4 is 21.8 Å². The largest absolute Gasteiger partial charge is 0.350 e. The van der Waals surface area contributed by atoms with Crippen LogP contribution in [0.5, 0.6) is 0 Å². The molecule has 20 heavy (non-hydrogen) atoms. The molecule has 1 aliphatic carbocycles. The van der Waals surface area contributed by atoms with Gasteiger partial charge in [-0.05, 0) is 37.1 Å². The van der Waals surface area contributed by atoms with E-state index < -0.39 is 0 Å². The maximum Gasteiger partial charge on any atom is 0.223 e. The summed E-state index contributed by atoms with van der Waals surface area (Å²) in [6.45, 7) is 0.497. The lowest BCUT2D eigenvalue weighted by Gasteiger charge is -2.06. The van der Waals surface area contributed by atoms with Gasteiger partial charge in [-0.15, -0.1) is 0 Å². The highest BCUT2D eigenvalue weighted by Gasteiger charge is 2.29. The fourth-order valence-corrected chi connectivity index (χ4v) is 2.45. The van der Waals surface area contributed by atoms with E-state index in [1.54, 1.807) is 0 Å². The van der Waals surface area contributed by atoms with E-state index in [-0.39, 0.29) is 11.8 Å². The van der Waals surface area contributed by atoms with Crippen LogP contribution in [0.1, 0.15) is 18.5 Å². The van der Waals surface area contributed by atoms with Gasteiger partial charge in [0.2, 0.25) is 5.91 Å². The molecule has 1 N–H and O–H groups in total. The van der Waals surface area contributed by atoms with Gasteiger partial charge in [-0.3, -0.25) is 9.78 Å². The first-order valence-corrected chi connectivity index (χ1v) is 7.51. The first kappa shape index (κ1) is 13.3. The van der Waals surface area contributed by atoms with Crippen molar-refractivity contribution in [2.24, 2.45) is 5.92 Å². The molecule has 1 amide bonds. The highest BCUT2D eigenvalue weighted by Crippen LogP contribution is 2.28. The molecule has 3 rings (SSSR count). The first-order chi connectivity index (χ1) is 9.72. The number of benzene rings is 1. The lowest BCUT2D eigenvalue weighted by atomic mass is 10.1. The van der Waals surface area contributed by atoms with Gasteiger partial charge in [-0.25, -0.2) is 0 Å². The number of nitrogens with one attached hydrogen (secondary N) is 1. The molecule has 0 spiro atoms. The number of aromatic nitrogens is 1. The predicted molar refractivity (Wildman–Crippen MR) is 81.9 cm³/mol. The summed E-state index contributed by atoms with van der Waals surface area (Å²) in [6.07, 6.45) is 2.05. The van der Waals surface area contributed by atoms with Gasteiger partial charge in [0.15, 0.2) is 0 Å². The Labute approximate surface area is 126 Å². The summed E-state index contributed by atoms with van der Waals surface area (Å²) in [5.41, 5.74) is 2.87. The van der Waals surface area contributed by atoms with E-state index in [0.29, 0.717) is 6.54 Å². The Kier molecular flexibility index (Phi) is 3.83. The number of rotatable bonds is 4. The van der Waals surface area contributed by atoms with E-state index >= 15 is 0 Å². The van der Waals surface area contributed by atoms with Crippen molar-refractivity contribution in [3.63, 3.8) is 0 Å². The molecule has 2 aromatic rings. The van der Waals surface area contributed by atoms with Gasteiger partial charge in [0, 0.05) is 16.0 Å². The van der Waals surface area contributed by atoms with E-state index in [9.17, 15) is 4.79 Å². The Morgan fingerprint density at radius 2 is 2.05 bits per heavy atom. The second kappa shape index (κ2) is 5.75. The third-order valence-corrected chi connectivity index (χ3v) is 3.81. The van der Waals surface area contributed by atoms with Crippen LogP contribution in [-0.4, -0.2) is 10.9 Å². The maximum absolute atomic E-state index is 11.6. The summed E-state index contributed by atoms with van der Waals surface area (Å²) >= 11 is 3.47. The summed E-state index contributed by atoms with van der Waals surface area (Å²) in [7, 11) is 0. The van der Waals surface area contributed by atoms with E-state index in [0.717, 1.165) is 34.3 Å². The minimum absolute atomic E-state index is 0.152. The molecule has 1 saturated carbocycles. The first-order valence-electron chi connectivity index (χ1n) is 6.72. The minimum atomic E-state index is 0.152. The van der Waals surface area contributed by atoms with Crippen LogP contribution in [0.2, 0.25) is 0 Å². The van der Waals surface area contributed by atoms with Gasteiger partial charge in [0.05, 0.1) is 17.9 Å². The summed E-state index contributed by atoms with van der Waals surface area (Å²) in [5.74, 6) is 0.392. The molecule has 1 aromatic heterocycles. The molecular weight excluding hydrogens is 316 g/mol. The molecule has 1 aliphatic rings. The number of hydrogen-bond donors (Lipinski definition) is 1. The van der Waals surface area contributed by atoms with Gasteiger partial charge in [-0.2, -0.15) is 0 Å². The third kappa shape index (κ3) is 3.25. The molecule has 4 heteroatoms. The molecule has 1 heterocycles. The standard InChI is InChI=1S/C16H15BrN2O/c17-13-4-1-3-12(9-13)15-6-2-5-14(19-15)10-18-16(20)11-7-8-11/h1-6,9,11H,7-8,10H2,(H,18,20). The lowest BCUT2D eigenvalue weighted by molar-refractivity contribution is -0.122. The summed E-state index contributed by atoms with van der Waals surface area (Å²) in [5, 5.41) is 2.94. The molecule has 3 nitrogen and oxygen atoms in total. The SMILES string of the molecule is O=C(NCc1cccc(-c2cccc(Br)c2)n1)C1CC1. The van der Waals surface area contributed by atoms with Crippen molar-refractivity contribution < 1.29 is 4.79 Å². The van der Waals surface area contributed by atoms with E-state index in [1.807, 2.05) is 42.5 Å². The fourth-order valence-electron chi connectivity index (χ4n) is 2.05. The molecular formula is C16H15BrN2O. The van der Waals surface area contributed by atoms with Crippen LogP contribution in [0.25, 0.3) is 11.3 Å². The minimum Gasteiger partial charge on any atom is -0.350 e. The van der Waals surface area contributed by atoms with Gasteiger partial charge in [0.25, 0.3) is 0 Å². The normalized spacial score (nSPS) is 14.1. The van der Waals surface area contributed by atoms with Crippen LogP contribution in [-0.2, 0) is 11.3 Å². The van der Waals surface area contributed by atoms with Crippen LogP contribution in [0, 0.1) is 5.92 Å². The van der Waals surface area contributed by atoms with E-state index in [4.69, 9.17) is 0 Å². The van der Waals surface area contributed by atoms with Gasteiger partial charge >= 0.3 is 0 Å². The van der Waals surface area contributed by atoms with Crippen molar-refractivity contribution in [2.75, 3.05) is 0 Å². The Bertz CT molecular complexity index is 638. The highest BCUT2D eigenvalue weighted by atomic mass is 79.9. The van der Waals surface area contributed by atoms with Crippen LogP contribution in [0.3, 0.4) is 0 Å². The maximum atomic E-state index is 11.6. The molecule has 102 valence electrons. The molecule has 0 bridgehead atoms. The molecule has 0 radical (unpaired) electrons. The number of carbonyl (C=O) groups excluding carboxylic acids is 1. The topological polar surface area (TPSA) is 42.0 Å². The lowest BCUT2D eigenvalue weighted by Crippen LogP contribution is -2.24. The van der Waals surface area contributed by atoms with Crippen LogP contribution in [0.15, 0.2) is 46.9 Å². The van der Waals surface area contributed by atoms with Crippen LogP contribution in [0.4, 0.5) is 0 Å². The highest BCUT2D eigenvalue weighted by molar-refractivity contribution is 9.10. The molecule has 0 saturated heterocycles. The second-order valence-corrected chi connectivity index (χ2v) is 5.93. The summed E-state index contributed by atoms with van der Waals surface area (Å²) < 4.78 is 1.03. The number of amides is 1. The van der Waals surface area contributed by atoms with Crippen molar-refractivity contribution in [1.29, 1.82) is 0 Å². The summed E-state index contributed by atoms with van der Waals surface area (Å²) in [4.78, 5) is 16.2. The zero-order valence-corrected chi connectivity index (χ0v) is 12.6. The van der Waals surface area contributed by atoms with Gasteiger partial charge in [0.1, 0.15) is 0 Å². The van der Waals surface area contributed by atoms with E-state index in [2.05, 4.69) is 26.2 Å². The zero-order valence-electron chi connectivity index (χ0n) is 11.0. The van der Waals surface area contributed by atoms with Crippen molar-refractivity contribution in [3.8, 4) is 11.3 Å². The van der Waals surface area contributed by atoms with Gasteiger partial charge < -0.3 is 5.32 Å². The van der Waals surface area contributed by atoms with Crippen molar-refractivity contribution in [2.45, 2.75) is 19.4 Å². The average molecular weight is 331 g/mol. The zero-order chi connectivity index (χ0) is 13.9. The fraction of sp³-hybridized carbons (Fsp3) is 0.250. The summed E-state index contributed by atoms with van der Waals surface area (Å²) in [6, 6.07) is 13.9.